The van der Waals surface area contributed by atoms with Gasteiger partial charge in [0.05, 0.1) is 19.4 Å². The summed E-state index contributed by atoms with van der Waals surface area (Å²) in [7, 11) is 0. The molecule has 1 aromatic heterocycles. The number of furan rings is 1. The first-order chi connectivity index (χ1) is 10.3. The standard InChI is InChI=1S/C15H23N3O4/c1-15(2,3)12(17-14(16)20)13(19)18-6-8-22-11(9-18)10-5-4-7-21-10/h4-5,7,11-12H,6,8-9H2,1-3H3,(H3,16,17,20)/t11-,12+/m0/s1. The van der Waals surface area contributed by atoms with Gasteiger partial charge >= 0.3 is 6.03 Å². The Labute approximate surface area is 129 Å². The molecular weight excluding hydrogens is 286 g/mol. The highest BCUT2D eigenvalue weighted by atomic mass is 16.5. The molecule has 7 nitrogen and oxygen atoms in total. The minimum Gasteiger partial charge on any atom is -0.467 e. The van der Waals surface area contributed by atoms with E-state index in [1.54, 1.807) is 17.2 Å². The van der Waals surface area contributed by atoms with Crippen molar-refractivity contribution >= 4 is 11.9 Å². The Hall–Kier alpha value is -2.02. The Morgan fingerprint density at radius 1 is 1.45 bits per heavy atom. The smallest absolute Gasteiger partial charge is 0.312 e. The molecule has 1 aliphatic heterocycles. The lowest BCUT2D eigenvalue weighted by atomic mass is 9.85. The normalized spacial score (nSPS) is 20.5. The Morgan fingerprint density at radius 3 is 2.73 bits per heavy atom. The lowest BCUT2D eigenvalue weighted by molar-refractivity contribution is -0.144. The van der Waals surface area contributed by atoms with Gasteiger partial charge in [0.15, 0.2) is 0 Å². The van der Waals surface area contributed by atoms with Crippen molar-refractivity contribution in [3.8, 4) is 0 Å². The molecule has 122 valence electrons. The first kappa shape index (κ1) is 16.4. The molecule has 0 bridgehead atoms. The van der Waals surface area contributed by atoms with Crippen LogP contribution in [-0.4, -0.2) is 42.6 Å². The van der Waals surface area contributed by atoms with Gasteiger partial charge in [-0.3, -0.25) is 4.79 Å². The van der Waals surface area contributed by atoms with Crippen LogP contribution < -0.4 is 11.1 Å². The zero-order valence-electron chi connectivity index (χ0n) is 13.2. The van der Waals surface area contributed by atoms with Gasteiger partial charge in [0.25, 0.3) is 0 Å². The van der Waals surface area contributed by atoms with E-state index in [2.05, 4.69) is 5.32 Å². The van der Waals surface area contributed by atoms with Crippen LogP contribution >= 0.6 is 0 Å². The molecule has 22 heavy (non-hydrogen) atoms. The number of hydrogen-bond donors (Lipinski definition) is 2. The Kier molecular flexibility index (Phi) is 4.75. The van der Waals surface area contributed by atoms with E-state index in [9.17, 15) is 9.59 Å². The van der Waals surface area contributed by atoms with Crippen molar-refractivity contribution in [1.82, 2.24) is 10.2 Å². The summed E-state index contributed by atoms with van der Waals surface area (Å²) in [5.74, 6) is 0.527. The maximum absolute atomic E-state index is 12.8. The Balaban J connectivity index is 2.11. The summed E-state index contributed by atoms with van der Waals surface area (Å²) in [4.78, 5) is 25.6. The van der Waals surface area contributed by atoms with Gasteiger partial charge in [-0.25, -0.2) is 4.79 Å². The van der Waals surface area contributed by atoms with Gasteiger partial charge in [-0.1, -0.05) is 20.8 Å². The molecule has 2 rings (SSSR count). The molecule has 1 fully saturated rings. The monoisotopic (exact) mass is 309 g/mol. The summed E-state index contributed by atoms with van der Waals surface area (Å²) in [5, 5.41) is 2.55. The fourth-order valence-electron chi connectivity index (χ4n) is 2.47. The number of carbonyl (C=O) groups is 2. The zero-order chi connectivity index (χ0) is 16.3. The molecular formula is C15H23N3O4. The topological polar surface area (TPSA) is 97.8 Å². The Morgan fingerprint density at radius 2 is 2.18 bits per heavy atom. The summed E-state index contributed by atoms with van der Waals surface area (Å²) in [5.41, 5.74) is 4.76. The zero-order valence-corrected chi connectivity index (χ0v) is 13.2. The summed E-state index contributed by atoms with van der Waals surface area (Å²) >= 11 is 0. The van der Waals surface area contributed by atoms with Crippen LogP contribution in [0.5, 0.6) is 0 Å². The highest BCUT2D eigenvalue weighted by molar-refractivity contribution is 5.87. The number of hydrogen-bond acceptors (Lipinski definition) is 4. The van der Waals surface area contributed by atoms with E-state index in [0.29, 0.717) is 25.5 Å². The predicted octanol–water partition coefficient (Wildman–Crippen LogP) is 1.26. The molecule has 0 radical (unpaired) electrons. The van der Waals surface area contributed by atoms with Crippen LogP contribution in [0.2, 0.25) is 0 Å². The van der Waals surface area contributed by atoms with Crippen molar-refractivity contribution in [2.45, 2.75) is 32.9 Å². The summed E-state index contributed by atoms with van der Waals surface area (Å²) in [6.07, 6.45) is 1.29. The summed E-state index contributed by atoms with van der Waals surface area (Å²) < 4.78 is 11.0. The second-order valence-electron chi connectivity index (χ2n) is 6.47. The fraction of sp³-hybridized carbons (Fsp3) is 0.600. The van der Waals surface area contributed by atoms with Crippen LogP contribution in [0.3, 0.4) is 0 Å². The summed E-state index contributed by atoms with van der Waals surface area (Å²) in [6, 6.07) is 2.22. The van der Waals surface area contributed by atoms with Crippen molar-refractivity contribution in [2.24, 2.45) is 11.1 Å². The van der Waals surface area contributed by atoms with Crippen LogP contribution in [-0.2, 0) is 9.53 Å². The van der Waals surface area contributed by atoms with Gasteiger partial charge in [-0.15, -0.1) is 0 Å². The number of ether oxygens (including phenoxy) is 1. The second kappa shape index (κ2) is 6.39. The van der Waals surface area contributed by atoms with Crippen LogP contribution in [0.15, 0.2) is 22.8 Å². The Bertz CT molecular complexity index is 521. The maximum Gasteiger partial charge on any atom is 0.312 e. The van der Waals surface area contributed by atoms with E-state index in [-0.39, 0.29) is 12.0 Å². The average molecular weight is 309 g/mol. The SMILES string of the molecule is CC(C)(C)[C@H](NC(N)=O)C(=O)N1CCO[C@H](c2ccco2)C1. The van der Waals surface area contributed by atoms with Crippen molar-refractivity contribution in [2.75, 3.05) is 19.7 Å². The molecule has 3 amide bonds. The van der Waals surface area contributed by atoms with Crippen LogP contribution in [0.25, 0.3) is 0 Å². The van der Waals surface area contributed by atoms with E-state index in [1.807, 2.05) is 26.8 Å². The molecule has 0 spiro atoms. The average Bonchev–Trinajstić information content (AvgIpc) is 2.97. The number of morpholine rings is 1. The third-order valence-corrected chi connectivity index (χ3v) is 3.64. The highest BCUT2D eigenvalue weighted by Gasteiger charge is 2.37. The van der Waals surface area contributed by atoms with Crippen molar-refractivity contribution < 1.29 is 18.7 Å². The molecule has 0 saturated carbocycles. The predicted molar refractivity (Wildman–Crippen MR) is 79.9 cm³/mol. The van der Waals surface area contributed by atoms with E-state index in [1.165, 1.54) is 0 Å². The molecule has 1 aromatic rings. The lowest BCUT2D eigenvalue weighted by Crippen LogP contribution is -2.57. The molecule has 1 saturated heterocycles. The highest BCUT2D eigenvalue weighted by Crippen LogP contribution is 2.26. The number of rotatable bonds is 3. The van der Waals surface area contributed by atoms with Gasteiger partial charge in [0.2, 0.25) is 5.91 Å². The van der Waals surface area contributed by atoms with Gasteiger partial charge < -0.3 is 25.1 Å². The van der Waals surface area contributed by atoms with Crippen LogP contribution in [0, 0.1) is 5.41 Å². The van der Waals surface area contributed by atoms with Gasteiger partial charge in [0.1, 0.15) is 17.9 Å². The van der Waals surface area contributed by atoms with Crippen molar-refractivity contribution in [1.29, 1.82) is 0 Å². The van der Waals surface area contributed by atoms with Gasteiger partial charge in [-0.05, 0) is 17.5 Å². The molecule has 0 aliphatic carbocycles. The van der Waals surface area contributed by atoms with E-state index in [4.69, 9.17) is 14.9 Å². The number of primary amides is 1. The minimum atomic E-state index is -0.705. The minimum absolute atomic E-state index is 0.161. The van der Waals surface area contributed by atoms with E-state index in [0.717, 1.165) is 0 Å². The number of amides is 3. The van der Waals surface area contributed by atoms with Crippen LogP contribution in [0.1, 0.15) is 32.6 Å². The number of nitrogens with two attached hydrogens (primary N) is 1. The molecule has 0 unspecified atom stereocenters. The quantitative estimate of drug-likeness (QED) is 0.878. The molecule has 2 atom stereocenters. The largest absolute Gasteiger partial charge is 0.467 e. The van der Waals surface area contributed by atoms with Gasteiger partial charge in [0, 0.05) is 6.54 Å². The second-order valence-corrected chi connectivity index (χ2v) is 6.47. The number of nitrogens with one attached hydrogen (secondary N) is 1. The number of carbonyl (C=O) groups excluding carboxylic acids is 2. The van der Waals surface area contributed by atoms with Crippen molar-refractivity contribution in [3.63, 3.8) is 0 Å². The number of nitrogens with zero attached hydrogens (tertiary/aromatic N) is 1. The van der Waals surface area contributed by atoms with Gasteiger partial charge in [-0.2, -0.15) is 0 Å². The number of urea groups is 1. The summed E-state index contributed by atoms with van der Waals surface area (Å²) in [6.45, 7) is 6.94. The van der Waals surface area contributed by atoms with E-state index < -0.39 is 17.5 Å². The third kappa shape index (κ3) is 3.79. The molecule has 7 heteroatoms. The molecule has 1 aliphatic rings. The fourth-order valence-corrected chi connectivity index (χ4v) is 2.47. The molecule has 0 aromatic carbocycles. The maximum atomic E-state index is 12.8. The van der Waals surface area contributed by atoms with Crippen molar-refractivity contribution in [3.05, 3.63) is 24.2 Å². The molecule has 2 heterocycles. The third-order valence-electron chi connectivity index (χ3n) is 3.64. The first-order valence-corrected chi connectivity index (χ1v) is 7.29. The first-order valence-electron chi connectivity index (χ1n) is 7.29. The lowest BCUT2D eigenvalue weighted by Gasteiger charge is -2.38. The van der Waals surface area contributed by atoms with E-state index >= 15 is 0 Å². The van der Waals surface area contributed by atoms with Crippen LogP contribution in [0.4, 0.5) is 4.79 Å². The molecule has 3 N–H and O–H groups in total.